The van der Waals surface area contributed by atoms with Crippen molar-refractivity contribution in [2.45, 2.75) is 116 Å². The minimum atomic E-state index is -0.700. The van der Waals surface area contributed by atoms with E-state index in [-0.39, 0.29) is 5.92 Å². The smallest absolute Gasteiger partial charge is 0.166 e. The molecule has 2 aliphatic carbocycles. The Balaban J connectivity index is 1.21. The molecular weight excluding hydrogens is 474 g/mol. The fraction of sp³-hybridized carbons (Fsp3) is 0.657. The number of aryl methyl sites for hydroxylation is 1. The van der Waals surface area contributed by atoms with Gasteiger partial charge in [0.05, 0.1) is 0 Å². The van der Waals surface area contributed by atoms with Crippen LogP contribution in [-0.4, -0.2) is 13.7 Å². The Kier molecular flexibility index (Phi) is 11.7. The molecule has 0 aromatic heterocycles. The first-order valence-electron chi connectivity index (χ1n) is 15.6. The molecule has 0 spiro atoms. The zero-order valence-electron chi connectivity index (χ0n) is 24.0. The van der Waals surface area contributed by atoms with Crippen molar-refractivity contribution in [3.8, 4) is 11.1 Å². The van der Waals surface area contributed by atoms with Crippen molar-refractivity contribution in [1.82, 2.24) is 0 Å². The molecule has 3 heteroatoms. The minimum Gasteiger partial charge on any atom is -0.384 e. The maximum atomic E-state index is 15.1. The molecule has 4 rings (SSSR count). The van der Waals surface area contributed by atoms with Crippen LogP contribution < -0.4 is 0 Å². The predicted molar refractivity (Wildman–Crippen MR) is 156 cm³/mol. The molecule has 0 radical (unpaired) electrons. The second kappa shape index (κ2) is 15.2. The highest BCUT2D eigenvalue weighted by Gasteiger charge is 2.26. The van der Waals surface area contributed by atoms with Gasteiger partial charge in [0.25, 0.3) is 0 Å². The van der Waals surface area contributed by atoms with Gasteiger partial charge in [0.15, 0.2) is 11.6 Å². The molecule has 2 aliphatic rings. The van der Waals surface area contributed by atoms with E-state index in [1.54, 1.807) is 13.2 Å². The zero-order valence-corrected chi connectivity index (χ0v) is 24.0. The SMILES string of the molecule is CCCCCC1CCC(CCCCc2ccc(-c3ccc(C4CCC(COC)CC4)c(F)c3F)cc2)CC1. The summed E-state index contributed by atoms with van der Waals surface area (Å²) < 4.78 is 35.5. The molecule has 0 bridgehead atoms. The number of benzene rings is 2. The number of hydrogen-bond acceptors (Lipinski definition) is 1. The highest BCUT2D eigenvalue weighted by atomic mass is 19.2. The lowest BCUT2D eigenvalue weighted by Gasteiger charge is -2.28. The molecule has 0 atom stereocenters. The van der Waals surface area contributed by atoms with Gasteiger partial charge < -0.3 is 4.74 Å². The first-order chi connectivity index (χ1) is 18.6. The Morgan fingerprint density at radius 1 is 0.684 bits per heavy atom. The van der Waals surface area contributed by atoms with Gasteiger partial charge in [0, 0.05) is 19.3 Å². The molecule has 0 heterocycles. The molecule has 210 valence electrons. The maximum Gasteiger partial charge on any atom is 0.166 e. The summed E-state index contributed by atoms with van der Waals surface area (Å²) in [7, 11) is 1.73. The number of methoxy groups -OCH3 is 1. The number of halogens is 2. The lowest BCUT2D eigenvalue weighted by molar-refractivity contribution is 0.127. The van der Waals surface area contributed by atoms with Crippen LogP contribution in [0, 0.1) is 29.4 Å². The quantitative estimate of drug-likeness (QED) is 0.237. The van der Waals surface area contributed by atoms with E-state index in [1.807, 2.05) is 18.2 Å². The van der Waals surface area contributed by atoms with Crippen molar-refractivity contribution >= 4 is 0 Å². The highest BCUT2D eigenvalue weighted by Crippen LogP contribution is 2.39. The average Bonchev–Trinajstić information content (AvgIpc) is 2.95. The Morgan fingerprint density at radius 2 is 1.29 bits per heavy atom. The minimum absolute atomic E-state index is 0.106. The Bertz CT molecular complexity index is 953. The van der Waals surface area contributed by atoms with Gasteiger partial charge >= 0.3 is 0 Å². The molecular formula is C35H50F2O. The second-order valence-electron chi connectivity index (χ2n) is 12.3. The van der Waals surface area contributed by atoms with E-state index in [0.717, 1.165) is 56.1 Å². The van der Waals surface area contributed by atoms with E-state index in [2.05, 4.69) is 19.1 Å². The average molecular weight is 525 g/mol. The van der Waals surface area contributed by atoms with Crippen molar-refractivity contribution in [3.05, 3.63) is 59.2 Å². The van der Waals surface area contributed by atoms with Crippen molar-refractivity contribution in [3.63, 3.8) is 0 Å². The normalized spacial score (nSPS) is 24.0. The number of unbranched alkanes of at least 4 members (excludes halogenated alkanes) is 3. The van der Waals surface area contributed by atoms with E-state index >= 15 is 8.78 Å². The molecule has 0 saturated heterocycles. The summed E-state index contributed by atoms with van der Waals surface area (Å²) in [5, 5.41) is 0. The molecule has 0 amide bonds. The van der Waals surface area contributed by atoms with Gasteiger partial charge in [-0.2, -0.15) is 0 Å². The van der Waals surface area contributed by atoms with Gasteiger partial charge in [-0.3, -0.25) is 0 Å². The van der Waals surface area contributed by atoms with E-state index in [9.17, 15) is 0 Å². The number of ether oxygens (including phenoxy) is 1. The summed E-state index contributed by atoms with van der Waals surface area (Å²) >= 11 is 0. The monoisotopic (exact) mass is 524 g/mol. The summed E-state index contributed by atoms with van der Waals surface area (Å²) in [6, 6.07) is 11.7. The van der Waals surface area contributed by atoms with Crippen molar-refractivity contribution in [1.29, 1.82) is 0 Å². The van der Waals surface area contributed by atoms with Crippen molar-refractivity contribution in [2.24, 2.45) is 17.8 Å². The van der Waals surface area contributed by atoms with Crippen molar-refractivity contribution < 1.29 is 13.5 Å². The van der Waals surface area contributed by atoms with Gasteiger partial charge in [0.2, 0.25) is 0 Å². The molecule has 2 aromatic rings. The van der Waals surface area contributed by atoms with Gasteiger partial charge in [-0.15, -0.1) is 0 Å². The highest BCUT2D eigenvalue weighted by molar-refractivity contribution is 5.65. The fourth-order valence-electron chi connectivity index (χ4n) is 7.08. The summed E-state index contributed by atoms with van der Waals surface area (Å²) in [6.45, 7) is 3.06. The Labute approximate surface area is 230 Å². The van der Waals surface area contributed by atoms with Crippen LogP contribution in [0.15, 0.2) is 36.4 Å². The van der Waals surface area contributed by atoms with Crippen LogP contribution in [0.1, 0.15) is 120 Å². The molecule has 0 aliphatic heterocycles. The fourth-order valence-corrected chi connectivity index (χ4v) is 7.08. The molecule has 2 aromatic carbocycles. The van der Waals surface area contributed by atoms with Gasteiger partial charge in [-0.05, 0) is 78.9 Å². The number of rotatable bonds is 13. The Morgan fingerprint density at radius 3 is 1.89 bits per heavy atom. The second-order valence-corrected chi connectivity index (χ2v) is 12.3. The van der Waals surface area contributed by atoms with E-state index in [0.29, 0.717) is 17.0 Å². The van der Waals surface area contributed by atoms with Crippen LogP contribution in [0.4, 0.5) is 8.78 Å². The lowest BCUT2D eigenvalue weighted by Crippen LogP contribution is -2.18. The van der Waals surface area contributed by atoms with Crippen LogP contribution >= 0.6 is 0 Å². The third-order valence-corrected chi connectivity index (χ3v) is 9.58. The summed E-state index contributed by atoms with van der Waals surface area (Å²) in [6.07, 6.45) is 20.1. The molecule has 0 N–H and O–H groups in total. The van der Waals surface area contributed by atoms with Crippen LogP contribution in [0.25, 0.3) is 11.1 Å². The summed E-state index contributed by atoms with van der Waals surface area (Å²) in [5.41, 5.74) is 2.97. The van der Waals surface area contributed by atoms with Crippen molar-refractivity contribution in [2.75, 3.05) is 13.7 Å². The zero-order chi connectivity index (χ0) is 26.7. The molecule has 0 unspecified atom stereocenters. The van der Waals surface area contributed by atoms with Crippen LogP contribution in [-0.2, 0) is 11.2 Å². The summed E-state index contributed by atoms with van der Waals surface area (Å²) in [5.74, 6) is 1.22. The number of hydrogen-bond donors (Lipinski definition) is 0. The van der Waals surface area contributed by atoms with Crippen LogP contribution in [0.3, 0.4) is 0 Å². The maximum absolute atomic E-state index is 15.1. The third kappa shape index (κ3) is 8.13. The molecule has 2 fully saturated rings. The largest absolute Gasteiger partial charge is 0.384 e. The van der Waals surface area contributed by atoms with E-state index in [4.69, 9.17) is 4.74 Å². The van der Waals surface area contributed by atoms with E-state index < -0.39 is 11.6 Å². The topological polar surface area (TPSA) is 9.23 Å². The van der Waals surface area contributed by atoms with Crippen LogP contribution in [0.2, 0.25) is 0 Å². The Hall–Kier alpha value is -1.74. The van der Waals surface area contributed by atoms with Gasteiger partial charge in [-0.25, -0.2) is 8.78 Å². The molecule has 1 nitrogen and oxygen atoms in total. The van der Waals surface area contributed by atoms with E-state index in [1.165, 1.54) is 76.2 Å². The van der Waals surface area contributed by atoms with Gasteiger partial charge in [0.1, 0.15) is 0 Å². The molecule has 38 heavy (non-hydrogen) atoms. The van der Waals surface area contributed by atoms with Gasteiger partial charge in [-0.1, -0.05) is 108 Å². The molecule has 2 saturated carbocycles. The summed E-state index contributed by atoms with van der Waals surface area (Å²) in [4.78, 5) is 0. The lowest BCUT2D eigenvalue weighted by atomic mass is 9.78. The predicted octanol–water partition coefficient (Wildman–Crippen LogP) is 10.7. The first-order valence-corrected chi connectivity index (χ1v) is 15.6. The third-order valence-electron chi connectivity index (χ3n) is 9.58. The van der Waals surface area contributed by atoms with Crippen LogP contribution in [0.5, 0.6) is 0 Å². The first kappa shape index (κ1) is 29.2. The standard InChI is InChI=1S/C35H50F2O/c1-3-4-5-8-26-11-13-27(14-12-26)9-6-7-10-28-15-19-30(20-16-28)32-23-24-33(35(37)34(32)36)31-21-17-29(18-22-31)25-38-2/h15-16,19-20,23-24,26-27,29,31H,3-14,17-18,21-22,25H2,1-2H3.